The standard InChI is InChI=1S/C11H16/c1-4-6(2)8-5-7-9-10(7)11(8,9)3/h6,8-9H,4-5H2,1-3H3. The van der Waals surface area contributed by atoms with Crippen molar-refractivity contribution in [3.63, 3.8) is 0 Å². The van der Waals surface area contributed by atoms with Crippen molar-refractivity contribution in [1.29, 1.82) is 0 Å². The van der Waals surface area contributed by atoms with Crippen molar-refractivity contribution in [3.05, 3.63) is 11.1 Å². The maximum atomic E-state index is 2.49. The Morgan fingerprint density at radius 1 is 1.64 bits per heavy atom. The van der Waals surface area contributed by atoms with Gasteiger partial charge < -0.3 is 0 Å². The van der Waals surface area contributed by atoms with E-state index in [2.05, 4.69) is 20.8 Å². The van der Waals surface area contributed by atoms with Crippen molar-refractivity contribution in [1.82, 2.24) is 0 Å². The van der Waals surface area contributed by atoms with Crippen molar-refractivity contribution < 1.29 is 0 Å². The van der Waals surface area contributed by atoms with Crippen LogP contribution in [0.1, 0.15) is 33.6 Å². The van der Waals surface area contributed by atoms with Crippen LogP contribution in [-0.4, -0.2) is 0 Å². The Balaban J connectivity index is 1.84. The molecule has 0 heterocycles. The molecule has 2 bridgehead atoms. The van der Waals surface area contributed by atoms with E-state index in [0.29, 0.717) is 0 Å². The van der Waals surface area contributed by atoms with Crippen molar-refractivity contribution in [3.8, 4) is 0 Å². The lowest BCUT2D eigenvalue weighted by Gasteiger charge is -2.23. The minimum absolute atomic E-state index is 0.741. The normalized spacial score (nSPS) is 52.6. The van der Waals surface area contributed by atoms with Gasteiger partial charge in [-0.3, -0.25) is 0 Å². The van der Waals surface area contributed by atoms with E-state index < -0.39 is 0 Å². The lowest BCUT2D eigenvalue weighted by molar-refractivity contribution is 0.265. The molecule has 0 nitrogen and oxygen atoms in total. The van der Waals surface area contributed by atoms with Gasteiger partial charge in [0.1, 0.15) is 0 Å². The van der Waals surface area contributed by atoms with Gasteiger partial charge in [0, 0.05) is 11.3 Å². The largest absolute Gasteiger partial charge is 0.0651 e. The molecule has 0 amide bonds. The van der Waals surface area contributed by atoms with Gasteiger partial charge in [-0.15, -0.1) is 0 Å². The van der Waals surface area contributed by atoms with Gasteiger partial charge in [0.2, 0.25) is 0 Å². The summed E-state index contributed by atoms with van der Waals surface area (Å²) in [7, 11) is 0. The first-order valence-corrected chi connectivity index (χ1v) is 4.94. The first-order chi connectivity index (χ1) is 5.21. The van der Waals surface area contributed by atoms with Crippen LogP contribution < -0.4 is 0 Å². The van der Waals surface area contributed by atoms with Gasteiger partial charge in [0.05, 0.1) is 0 Å². The van der Waals surface area contributed by atoms with E-state index in [-0.39, 0.29) is 0 Å². The zero-order chi connectivity index (χ0) is 7.80. The Morgan fingerprint density at radius 2 is 2.27 bits per heavy atom. The zero-order valence-corrected chi connectivity index (χ0v) is 7.65. The molecule has 2 saturated carbocycles. The Kier molecular flexibility index (Phi) is 0.821. The molecule has 4 aliphatic carbocycles. The number of fused-ring (bicyclic) bond motifs is 1. The Hall–Kier alpha value is -0.260. The van der Waals surface area contributed by atoms with Gasteiger partial charge in [-0.05, 0) is 18.3 Å². The van der Waals surface area contributed by atoms with Gasteiger partial charge in [0.25, 0.3) is 0 Å². The van der Waals surface area contributed by atoms with Crippen LogP contribution in [0.25, 0.3) is 0 Å². The maximum absolute atomic E-state index is 2.49. The van der Waals surface area contributed by atoms with Crippen LogP contribution in [0.15, 0.2) is 11.1 Å². The highest BCUT2D eigenvalue weighted by Crippen LogP contribution is 2.87. The molecule has 0 aromatic carbocycles. The molecular formula is C11H16. The van der Waals surface area contributed by atoms with Crippen LogP contribution in [0.5, 0.6) is 0 Å². The monoisotopic (exact) mass is 148 g/mol. The average molecular weight is 148 g/mol. The summed E-state index contributed by atoms with van der Waals surface area (Å²) in [6, 6.07) is 0. The van der Waals surface area contributed by atoms with E-state index in [1.807, 2.05) is 11.1 Å². The quantitative estimate of drug-likeness (QED) is 0.528. The van der Waals surface area contributed by atoms with E-state index >= 15 is 0 Å². The molecule has 4 unspecified atom stereocenters. The summed E-state index contributed by atoms with van der Waals surface area (Å²) < 4.78 is 0. The summed E-state index contributed by atoms with van der Waals surface area (Å²) in [5, 5.41) is 0. The topological polar surface area (TPSA) is 0 Å². The number of hydrogen-bond donors (Lipinski definition) is 0. The second-order valence-electron chi connectivity index (χ2n) is 4.85. The molecule has 0 radical (unpaired) electrons. The molecule has 2 fully saturated rings. The van der Waals surface area contributed by atoms with Crippen molar-refractivity contribution >= 4 is 0 Å². The van der Waals surface area contributed by atoms with E-state index in [4.69, 9.17) is 0 Å². The molecule has 11 heavy (non-hydrogen) atoms. The first-order valence-electron chi connectivity index (χ1n) is 4.94. The van der Waals surface area contributed by atoms with E-state index in [0.717, 1.165) is 23.2 Å². The number of allylic oxidation sites excluding steroid dienone is 2. The fourth-order valence-corrected chi connectivity index (χ4v) is 3.52. The molecule has 0 saturated heterocycles. The second kappa shape index (κ2) is 1.44. The summed E-state index contributed by atoms with van der Waals surface area (Å²) in [6.45, 7) is 7.24. The lowest BCUT2D eigenvalue weighted by atomic mass is 9.81. The molecule has 0 N–H and O–H groups in total. The smallest absolute Gasteiger partial charge is 0.0113 e. The molecule has 0 spiro atoms. The molecule has 4 atom stereocenters. The van der Waals surface area contributed by atoms with Gasteiger partial charge in [0.15, 0.2) is 0 Å². The molecule has 0 aliphatic heterocycles. The molecule has 60 valence electrons. The predicted molar refractivity (Wildman–Crippen MR) is 46.2 cm³/mol. The highest BCUT2D eigenvalue weighted by molar-refractivity contribution is 5.69. The van der Waals surface area contributed by atoms with Crippen molar-refractivity contribution in [2.24, 2.45) is 23.2 Å². The zero-order valence-electron chi connectivity index (χ0n) is 7.65. The Bertz CT molecular complexity index is 261. The van der Waals surface area contributed by atoms with Crippen LogP contribution >= 0.6 is 0 Å². The van der Waals surface area contributed by atoms with Crippen LogP contribution in [0.4, 0.5) is 0 Å². The summed E-state index contributed by atoms with van der Waals surface area (Å²) in [5.74, 6) is 3.03. The lowest BCUT2D eigenvalue weighted by Crippen LogP contribution is -2.16. The van der Waals surface area contributed by atoms with Crippen LogP contribution in [0.3, 0.4) is 0 Å². The molecule has 0 aromatic rings. The summed E-state index contributed by atoms with van der Waals surface area (Å²) in [6.07, 6.45) is 2.83. The summed E-state index contributed by atoms with van der Waals surface area (Å²) >= 11 is 0. The Morgan fingerprint density at radius 3 is 2.64 bits per heavy atom. The van der Waals surface area contributed by atoms with Gasteiger partial charge in [-0.25, -0.2) is 0 Å². The van der Waals surface area contributed by atoms with Gasteiger partial charge in [-0.2, -0.15) is 0 Å². The molecular weight excluding hydrogens is 132 g/mol. The highest BCUT2D eigenvalue weighted by Gasteiger charge is 2.78. The summed E-state index contributed by atoms with van der Waals surface area (Å²) in [5.41, 5.74) is 4.48. The van der Waals surface area contributed by atoms with Gasteiger partial charge >= 0.3 is 0 Å². The third-order valence-electron chi connectivity index (χ3n) is 4.54. The fourth-order valence-electron chi connectivity index (χ4n) is 3.52. The van der Waals surface area contributed by atoms with Crippen LogP contribution in [0, 0.1) is 23.2 Å². The Labute approximate surface area is 68.7 Å². The number of rotatable bonds is 2. The second-order valence-corrected chi connectivity index (χ2v) is 4.85. The van der Waals surface area contributed by atoms with Crippen molar-refractivity contribution in [2.75, 3.05) is 0 Å². The average Bonchev–Trinajstić information content (AvgIpc) is 2.81. The summed E-state index contributed by atoms with van der Waals surface area (Å²) in [4.78, 5) is 0. The minimum atomic E-state index is 0.741. The molecule has 0 heteroatoms. The highest BCUT2D eigenvalue weighted by atomic mass is 14.8. The van der Waals surface area contributed by atoms with E-state index in [9.17, 15) is 0 Å². The predicted octanol–water partition coefficient (Wildman–Crippen LogP) is 3.00. The third-order valence-corrected chi connectivity index (χ3v) is 4.54. The fraction of sp³-hybridized carbons (Fsp3) is 0.818. The maximum Gasteiger partial charge on any atom is 0.0113 e. The van der Waals surface area contributed by atoms with E-state index in [1.54, 1.807) is 0 Å². The number of hydrogen-bond acceptors (Lipinski definition) is 0. The first kappa shape index (κ1) is 6.28. The molecule has 4 aliphatic rings. The van der Waals surface area contributed by atoms with Crippen LogP contribution in [0.2, 0.25) is 0 Å². The minimum Gasteiger partial charge on any atom is -0.0651 e. The molecule has 4 rings (SSSR count). The third kappa shape index (κ3) is 0.457. The van der Waals surface area contributed by atoms with Crippen LogP contribution in [-0.2, 0) is 0 Å². The van der Waals surface area contributed by atoms with Gasteiger partial charge in [-0.1, -0.05) is 38.3 Å². The van der Waals surface area contributed by atoms with Crippen molar-refractivity contribution in [2.45, 2.75) is 33.6 Å². The van der Waals surface area contributed by atoms with E-state index in [1.165, 1.54) is 12.8 Å². The SMILES string of the molecule is CCC(C)C1CC2=C3C2C31C. The molecule has 0 aromatic heterocycles.